The normalized spacial score (nSPS) is 11.6. The lowest BCUT2D eigenvalue weighted by Crippen LogP contribution is -2.27. The summed E-state index contributed by atoms with van der Waals surface area (Å²) in [4.78, 5) is 17.2. The van der Waals surface area contributed by atoms with Crippen molar-refractivity contribution in [2.45, 2.75) is 19.0 Å². The summed E-state index contributed by atoms with van der Waals surface area (Å²) in [6, 6.07) is 16.2. The van der Waals surface area contributed by atoms with Crippen LogP contribution in [-0.2, 0) is 22.1 Å². The van der Waals surface area contributed by atoms with E-state index in [9.17, 15) is 18.0 Å². The lowest BCUT2D eigenvalue weighted by molar-refractivity contribution is -0.137. The Morgan fingerprint density at radius 1 is 1.00 bits per heavy atom. The van der Waals surface area contributed by atoms with Crippen molar-refractivity contribution in [3.05, 3.63) is 78.1 Å². The molecule has 0 atom stereocenters. The number of fused-ring (bicyclic) bond motifs is 1. The molecule has 1 amide bonds. The molecule has 0 saturated carbocycles. The number of carbonyl (C=O) groups excluding carboxylic acids is 1. The minimum atomic E-state index is -4.43. The molecule has 2 aromatic heterocycles. The molecule has 0 unspecified atom stereocenters. The maximum absolute atomic E-state index is 13.3. The number of hydrogen-bond donors (Lipinski definition) is 1. The molecule has 0 aliphatic heterocycles. The fourth-order valence-corrected chi connectivity index (χ4v) is 3.99. The van der Waals surface area contributed by atoms with Crippen molar-refractivity contribution in [2.75, 3.05) is 27.4 Å². The van der Waals surface area contributed by atoms with E-state index in [4.69, 9.17) is 14.5 Å². The number of aryl methyl sites for hydroxylation is 1. The second kappa shape index (κ2) is 10.8. The number of nitrogens with zero attached hydrogens (tertiary/aromatic N) is 2. The van der Waals surface area contributed by atoms with Crippen LogP contribution in [0.1, 0.15) is 17.7 Å². The molecule has 2 heterocycles. The second-order valence-corrected chi connectivity index (χ2v) is 8.21. The number of alkyl halides is 3. The number of carbonyl (C=O) groups is 1. The number of halogens is 3. The molecule has 9 heteroatoms. The van der Waals surface area contributed by atoms with E-state index in [-0.39, 0.29) is 12.3 Å². The third-order valence-corrected chi connectivity index (χ3v) is 5.80. The van der Waals surface area contributed by atoms with Crippen LogP contribution in [0.3, 0.4) is 0 Å². The van der Waals surface area contributed by atoms with E-state index in [0.717, 1.165) is 23.4 Å². The molecule has 0 aliphatic rings. The Labute approximate surface area is 206 Å². The zero-order valence-corrected chi connectivity index (χ0v) is 19.9. The van der Waals surface area contributed by atoms with Gasteiger partial charge in [0.2, 0.25) is 5.91 Å². The minimum absolute atomic E-state index is 0.132. The summed E-state index contributed by atoms with van der Waals surface area (Å²) in [5, 5.41) is 2.81. The molecule has 188 valence electrons. The second-order valence-electron chi connectivity index (χ2n) is 8.21. The summed E-state index contributed by atoms with van der Waals surface area (Å²) >= 11 is 0. The standard InChI is InChI=1S/C27H26F3N3O3/c1-35-14-13-31-25(34)12-10-23-26(19-6-4-8-22(16-19)36-2)32-24-11-9-20(17-33(23)24)18-5-3-7-21(15-18)27(28,29)30/h3-9,11,15-17H,10,12-14H2,1-2H3,(H,31,34). The summed E-state index contributed by atoms with van der Waals surface area (Å²) in [6.07, 6.45) is -2.09. The molecule has 4 aromatic rings. The molecule has 2 aromatic carbocycles. The first-order chi connectivity index (χ1) is 17.3. The number of ether oxygens (including phenoxy) is 2. The molecule has 6 nitrogen and oxygen atoms in total. The van der Waals surface area contributed by atoms with Crippen LogP contribution in [0.15, 0.2) is 66.9 Å². The van der Waals surface area contributed by atoms with Gasteiger partial charge in [0, 0.05) is 31.8 Å². The molecule has 1 N–H and O–H groups in total. The molecule has 0 aliphatic carbocycles. The van der Waals surface area contributed by atoms with Crippen LogP contribution < -0.4 is 10.1 Å². The van der Waals surface area contributed by atoms with Gasteiger partial charge in [-0.3, -0.25) is 4.79 Å². The van der Waals surface area contributed by atoms with Crippen molar-refractivity contribution in [3.63, 3.8) is 0 Å². The van der Waals surface area contributed by atoms with Crippen LogP contribution >= 0.6 is 0 Å². The molecule has 0 saturated heterocycles. The maximum Gasteiger partial charge on any atom is 0.416 e. The number of amides is 1. The fraction of sp³-hybridized carbons (Fsp3) is 0.259. The predicted octanol–water partition coefficient (Wildman–Crippen LogP) is 5.39. The van der Waals surface area contributed by atoms with Crippen LogP contribution in [0.2, 0.25) is 0 Å². The summed E-state index contributed by atoms with van der Waals surface area (Å²) in [5.74, 6) is 0.532. The number of benzene rings is 2. The van der Waals surface area contributed by atoms with Crippen molar-refractivity contribution in [1.29, 1.82) is 0 Å². The van der Waals surface area contributed by atoms with Crippen LogP contribution in [0, 0.1) is 0 Å². The third-order valence-electron chi connectivity index (χ3n) is 5.80. The van der Waals surface area contributed by atoms with E-state index < -0.39 is 11.7 Å². The summed E-state index contributed by atoms with van der Waals surface area (Å²) in [6.45, 7) is 0.821. The van der Waals surface area contributed by atoms with Gasteiger partial charge in [-0.25, -0.2) is 4.98 Å². The highest BCUT2D eigenvalue weighted by Crippen LogP contribution is 2.33. The highest BCUT2D eigenvalue weighted by Gasteiger charge is 2.30. The van der Waals surface area contributed by atoms with Gasteiger partial charge < -0.3 is 19.2 Å². The zero-order chi connectivity index (χ0) is 25.7. The van der Waals surface area contributed by atoms with Crippen LogP contribution in [0.5, 0.6) is 5.75 Å². The Balaban J connectivity index is 1.76. The molecular weight excluding hydrogens is 471 g/mol. The Kier molecular flexibility index (Phi) is 7.59. The number of rotatable bonds is 9. The van der Waals surface area contributed by atoms with Crippen LogP contribution in [0.25, 0.3) is 28.0 Å². The number of methoxy groups -OCH3 is 2. The first-order valence-electron chi connectivity index (χ1n) is 11.4. The number of hydrogen-bond acceptors (Lipinski definition) is 4. The number of pyridine rings is 1. The summed E-state index contributed by atoms with van der Waals surface area (Å²) in [7, 11) is 3.14. The molecule has 4 rings (SSSR count). The topological polar surface area (TPSA) is 64.9 Å². The highest BCUT2D eigenvalue weighted by molar-refractivity contribution is 5.77. The fourth-order valence-electron chi connectivity index (χ4n) is 3.99. The van der Waals surface area contributed by atoms with Crippen molar-refractivity contribution in [3.8, 4) is 28.1 Å². The smallest absolute Gasteiger partial charge is 0.416 e. The number of imidazole rings is 1. The third kappa shape index (κ3) is 5.68. The van der Waals surface area contributed by atoms with Crippen molar-refractivity contribution < 1.29 is 27.4 Å². The van der Waals surface area contributed by atoms with Gasteiger partial charge in [0.05, 0.1) is 30.7 Å². The monoisotopic (exact) mass is 497 g/mol. The van der Waals surface area contributed by atoms with Crippen molar-refractivity contribution in [2.24, 2.45) is 0 Å². The van der Waals surface area contributed by atoms with E-state index in [1.807, 2.05) is 28.7 Å². The van der Waals surface area contributed by atoms with Gasteiger partial charge in [0.25, 0.3) is 0 Å². The summed E-state index contributed by atoms with van der Waals surface area (Å²) < 4.78 is 52.0. The van der Waals surface area contributed by atoms with Crippen molar-refractivity contribution >= 4 is 11.6 Å². The SMILES string of the molecule is COCCNC(=O)CCc1c(-c2cccc(OC)c2)nc2ccc(-c3cccc(C(F)(F)F)c3)cn12. The molecular formula is C27H26F3N3O3. The number of nitrogens with one attached hydrogen (secondary N) is 1. The highest BCUT2D eigenvalue weighted by atomic mass is 19.4. The number of aromatic nitrogens is 2. The maximum atomic E-state index is 13.3. The Morgan fingerprint density at radius 3 is 2.53 bits per heavy atom. The minimum Gasteiger partial charge on any atom is -0.497 e. The quantitative estimate of drug-likeness (QED) is 0.315. The van der Waals surface area contributed by atoms with Gasteiger partial charge in [-0.15, -0.1) is 0 Å². The average molecular weight is 498 g/mol. The first kappa shape index (κ1) is 25.2. The van der Waals surface area contributed by atoms with E-state index in [0.29, 0.717) is 47.8 Å². The molecule has 0 bridgehead atoms. The van der Waals surface area contributed by atoms with Gasteiger partial charge in [-0.05, 0) is 53.9 Å². The molecule has 0 fully saturated rings. The van der Waals surface area contributed by atoms with Gasteiger partial charge in [-0.2, -0.15) is 13.2 Å². The molecule has 0 spiro atoms. The van der Waals surface area contributed by atoms with Gasteiger partial charge in [0.15, 0.2) is 0 Å². The average Bonchev–Trinajstić information content (AvgIpc) is 3.25. The van der Waals surface area contributed by atoms with Gasteiger partial charge in [-0.1, -0.05) is 24.3 Å². The summed E-state index contributed by atoms with van der Waals surface area (Å²) in [5.41, 5.74) is 3.22. The van der Waals surface area contributed by atoms with E-state index in [1.54, 1.807) is 38.6 Å². The van der Waals surface area contributed by atoms with E-state index in [2.05, 4.69) is 5.32 Å². The molecule has 36 heavy (non-hydrogen) atoms. The largest absolute Gasteiger partial charge is 0.497 e. The lowest BCUT2D eigenvalue weighted by Gasteiger charge is -2.11. The Morgan fingerprint density at radius 2 is 1.78 bits per heavy atom. The van der Waals surface area contributed by atoms with E-state index >= 15 is 0 Å². The predicted molar refractivity (Wildman–Crippen MR) is 131 cm³/mol. The zero-order valence-electron chi connectivity index (χ0n) is 19.9. The Hall–Kier alpha value is -3.85. The van der Waals surface area contributed by atoms with Gasteiger partial charge in [0.1, 0.15) is 11.4 Å². The molecule has 0 radical (unpaired) electrons. The van der Waals surface area contributed by atoms with Crippen LogP contribution in [0.4, 0.5) is 13.2 Å². The Bertz CT molecular complexity index is 1370. The van der Waals surface area contributed by atoms with E-state index in [1.165, 1.54) is 6.07 Å². The first-order valence-corrected chi connectivity index (χ1v) is 11.4. The lowest BCUT2D eigenvalue weighted by atomic mass is 10.0. The van der Waals surface area contributed by atoms with Gasteiger partial charge >= 0.3 is 6.18 Å². The van der Waals surface area contributed by atoms with Crippen molar-refractivity contribution in [1.82, 2.24) is 14.7 Å². The van der Waals surface area contributed by atoms with Crippen LogP contribution in [-0.4, -0.2) is 42.7 Å².